The number of carbonyl (C=O) groups excluding carboxylic acids is 2. The summed E-state index contributed by atoms with van der Waals surface area (Å²) in [4.78, 5) is 24.5. The quantitative estimate of drug-likeness (QED) is 0.439. The number of hydrogen-bond donors (Lipinski definition) is 1. The fourth-order valence-corrected chi connectivity index (χ4v) is 4.22. The molecule has 0 bridgehead atoms. The van der Waals surface area contributed by atoms with Crippen LogP contribution in [0, 0.1) is 0 Å². The highest BCUT2D eigenvalue weighted by Gasteiger charge is 2.58. The van der Waals surface area contributed by atoms with Crippen molar-refractivity contribution in [2.24, 2.45) is 7.05 Å². The average molecular weight is 505 g/mol. The molecule has 0 saturated carbocycles. The summed E-state index contributed by atoms with van der Waals surface area (Å²) in [6, 6.07) is 5.18. The molecule has 13 heteroatoms. The van der Waals surface area contributed by atoms with E-state index >= 15 is 0 Å². The number of thioether (sulfide) groups is 1. The molecule has 2 unspecified atom stereocenters. The Morgan fingerprint density at radius 1 is 1.24 bits per heavy atom. The molecule has 0 aliphatic carbocycles. The molecule has 2 aromatic rings. The van der Waals surface area contributed by atoms with E-state index in [2.05, 4.69) is 15.2 Å². The minimum absolute atomic E-state index is 0.257. The molecule has 0 fully saturated rings. The van der Waals surface area contributed by atoms with Crippen LogP contribution in [0.2, 0.25) is 0 Å². The lowest BCUT2D eigenvalue weighted by atomic mass is 10.1. The van der Waals surface area contributed by atoms with E-state index in [1.165, 1.54) is 43.7 Å². The smallest absolute Gasteiger partial charge is 0.432 e. The second-order valence-electron chi connectivity index (χ2n) is 7.40. The lowest BCUT2D eigenvalue weighted by molar-refractivity contribution is -0.221. The van der Waals surface area contributed by atoms with Crippen molar-refractivity contribution in [3.8, 4) is 5.88 Å². The number of ether oxygens (including phenoxy) is 2. The van der Waals surface area contributed by atoms with Crippen molar-refractivity contribution in [3.05, 3.63) is 58.1 Å². The summed E-state index contributed by atoms with van der Waals surface area (Å²) < 4.78 is 79.1. The highest BCUT2D eigenvalue weighted by Crippen LogP contribution is 2.44. The summed E-state index contributed by atoms with van der Waals surface area (Å²) in [5.74, 6) is -2.93. The van der Waals surface area contributed by atoms with Crippen molar-refractivity contribution in [3.63, 3.8) is 0 Å². The van der Waals surface area contributed by atoms with Gasteiger partial charge in [-0.15, -0.1) is 11.8 Å². The number of nitrogens with zero attached hydrogens (tertiary/aromatic N) is 2. The Bertz CT molecular complexity index is 1100. The van der Waals surface area contributed by atoms with Crippen LogP contribution in [0.25, 0.3) is 0 Å². The Morgan fingerprint density at radius 2 is 1.88 bits per heavy atom. The van der Waals surface area contributed by atoms with Crippen molar-refractivity contribution in [1.82, 2.24) is 15.1 Å². The summed E-state index contributed by atoms with van der Waals surface area (Å²) in [5, 5.41) is 7.20. The monoisotopic (exact) mass is 505 g/mol. The number of esters is 1. The van der Waals surface area contributed by atoms with E-state index in [4.69, 9.17) is 4.74 Å². The van der Waals surface area contributed by atoms with Crippen LogP contribution in [0.3, 0.4) is 0 Å². The molecule has 0 saturated heterocycles. The third-order valence-electron chi connectivity index (χ3n) is 5.12. The third-order valence-corrected chi connectivity index (χ3v) is 6.05. The van der Waals surface area contributed by atoms with Crippen LogP contribution in [0.1, 0.15) is 51.4 Å². The number of aryl methyl sites for hydroxylation is 1. The van der Waals surface area contributed by atoms with Crippen LogP contribution in [0.4, 0.5) is 22.0 Å². The van der Waals surface area contributed by atoms with Gasteiger partial charge in [0.25, 0.3) is 12.3 Å². The molecule has 2 atom stereocenters. The zero-order chi connectivity index (χ0) is 25.3. The summed E-state index contributed by atoms with van der Waals surface area (Å²) >= 11 is 0.836. The predicted molar refractivity (Wildman–Crippen MR) is 113 cm³/mol. The normalized spacial score (nSPS) is 18.7. The van der Waals surface area contributed by atoms with Crippen LogP contribution < -0.4 is 10.1 Å². The Morgan fingerprint density at radius 3 is 2.38 bits per heavy atom. The highest BCUT2D eigenvalue weighted by atomic mass is 32.2. The van der Waals surface area contributed by atoms with Gasteiger partial charge in [0.2, 0.25) is 11.5 Å². The Balaban J connectivity index is 1.93. The van der Waals surface area contributed by atoms with E-state index in [1.807, 2.05) is 0 Å². The van der Waals surface area contributed by atoms with Crippen molar-refractivity contribution in [2.45, 2.75) is 31.2 Å². The molecule has 1 amide bonds. The van der Waals surface area contributed by atoms with Crippen LogP contribution in [-0.2, 0) is 11.8 Å². The van der Waals surface area contributed by atoms with Crippen LogP contribution in [0.5, 0.6) is 5.88 Å². The topological polar surface area (TPSA) is 82.5 Å². The number of alkyl halides is 5. The fourth-order valence-electron chi connectivity index (χ4n) is 3.24. The van der Waals surface area contributed by atoms with Crippen LogP contribution in [0.15, 0.2) is 35.7 Å². The number of aromatic nitrogens is 2. The Labute approximate surface area is 195 Å². The molecule has 1 aromatic heterocycles. The van der Waals surface area contributed by atoms with E-state index in [9.17, 15) is 31.5 Å². The number of nitrogens with one attached hydrogen (secondary N) is 1. The first kappa shape index (κ1) is 25.5. The minimum Gasteiger partial charge on any atom is -0.465 e. The Hall–Kier alpha value is -3.09. The van der Waals surface area contributed by atoms with Gasteiger partial charge in [-0.25, -0.2) is 18.3 Å². The van der Waals surface area contributed by atoms with E-state index in [-0.39, 0.29) is 5.56 Å². The third kappa shape index (κ3) is 4.88. The second-order valence-corrected chi connectivity index (χ2v) is 8.30. The molecule has 1 aliphatic rings. The van der Waals surface area contributed by atoms with Gasteiger partial charge >= 0.3 is 12.1 Å². The van der Waals surface area contributed by atoms with Crippen LogP contribution in [-0.4, -0.2) is 46.3 Å². The summed E-state index contributed by atoms with van der Waals surface area (Å²) in [5.41, 5.74) is -3.82. The zero-order valence-corrected chi connectivity index (χ0v) is 19.0. The maximum atomic E-state index is 13.8. The molecule has 184 valence electrons. The fraction of sp³-hybridized carbons (Fsp3) is 0.381. The maximum absolute atomic E-state index is 13.8. The highest BCUT2D eigenvalue weighted by molar-refractivity contribution is 8.02. The zero-order valence-electron chi connectivity index (χ0n) is 18.2. The molecule has 1 aromatic carbocycles. The van der Waals surface area contributed by atoms with Crippen molar-refractivity contribution in [1.29, 1.82) is 0 Å². The van der Waals surface area contributed by atoms with Gasteiger partial charge < -0.3 is 14.8 Å². The number of methoxy groups -OCH3 is 1. The molecule has 7 nitrogen and oxygen atoms in total. The lowest BCUT2D eigenvalue weighted by Gasteiger charge is -2.30. The largest absolute Gasteiger partial charge is 0.465 e. The summed E-state index contributed by atoms with van der Waals surface area (Å²) in [7, 11) is 2.33. The van der Waals surface area contributed by atoms with E-state index in [0.29, 0.717) is 10.2 Å². The van der Waals surface area contributed by atoms with Gasteiger partial charge in [0.1, 0.15) is 11.3 Å². The molecule has 0 spiro atoms. The van der Waals surface area contributed by atoms with E-state index < -0.39 is 59.0 Å². The SMILES string of the molecule is COC(=O)c1ccc(C(C)NC(=O)c2c(C(F)F)nn(C)c2OC2(C(F)(F)F)C=CSC2)cc1. The molecule has 2 heterocycles. The average Bonchev–Trinajstić information content (AvgIpc) is 3.39. The minimum atomic E-state index is -4.87. The second kappa shape index (κ2) is 9.65. The van der Waals surface area contributed by atoms with Crippen LogP contribution >= 0.6 is 11.8 Å². The first-order chi connectivity index (χ1) is 15.9. The number of rotatable bonds is 7. The lowest BCUT2D eigenvalue weighted by Crippen LogP contribution is -2.50. The first-order valence-electron chi connectivity index (χ1n) is 9.79. The molecule has 34 heavy (non-hydrogen) atoms. The first-order valence-corrected chi connectivity index (χ1v) is 10.8. The number of carbonyl (C=O) groups is 2. The standard InChI is InChI=1S/C21H20F5N3O4S/c1-11(12-4-6-13(7-5-12)19(31)32-3)27-17(30)14-15(16(22)23)28-29(2)18(14)33-20(21(24,25)26)8-9-34-10-20/h4-9,11,16H,10H2,1-3H3,(H,27,30). The number of halogens is 5. The van der Waals surface area contributed by atoms with Gasteiger partial charge in [0.05, 0.1) is 24.5 Å². The number of amides is 1. The predicted octanol–water partition coefficient (Wildman–Crippen LogP) is 4.58. The molecule has 1 N–H and O–H groups in total. The van der Waals surface area contributed by atoms with E-state index in [0.717, 1.165) is 24.9 Å². The molecule has 0 radical (unpaired) electrons. The Kier molecular flexibility index (Phi) is 7.24. The van der Waals surface area contributed by atoms with E-state index in [1.54, 1.807) is 0 Å². The van der Waals surface area contributed by atoms with Gasteiger partial charge in [0, 0.05) is 7.05 Å². The number of benzene rings is 1. The molecular formula is C21H20F5N3O4S. The molecule has 1 aliphatic heterocycles. The molecular weight excluding hydrogens is 485 g/mol. The molecule has 3 rings (SSSR count). The van der Waals surface area contributed by atoms with Crippen molar-refractivity contribution in [2.75, 3.05) is 12.9 Å². The van der Waals surface area contributed by atoms with Gasteiger partial charge in [-0.2, -0.15) is 18.3 Å². The summed E-state index contributed by atoms with van der Waals surface area (Å²) in [6.45, 7) is 1.54. The maximum Gasteiger partial charge on any atom is 0.432 e. The number of hydrogen-bond acceptors (Lipinski definition) is 6. The van der Waals surface area contributed by atoms with Gasteiger partial charge in [-0.1, -0.05) is 12.1 Å². The van der Waals surface area contributed by atoms with Gasteiger partial charge in [-0.3, -0.25) is 4.79 Å². The van der Waals surface area contributed by atoms with Gasteiger partial charge in [0.15, 0.2) is 0 Å². The summed E-state index contributed by atoms with van der Waals surface area (Å²) in [6.07, 6.45) is -7.33. The van der Waals surface area contributed by atoms with Gasteiger partial charge in [-0.05, 0) is 36.1 Å². The van der Waals surface area contributed by atoms with Crippen molar-refractivity contribution >= 4 is 23.6 Å². The van der Waals surface area contributed by atoms with Crippen molar-refractivity contribution < 1.29 is 41.0 Å².